The average Bonchev–Trinajstić information content (AvgIpc) is 3.39. The molecule has 3 aromatic rings. The minimum absolute atomic E-state index is 0.0480. The number of hydrogen-bond acceptors (Lipinski definition) is 7. The number of halogens is 3. The first-order valence-corrected chi connectivity index (χ1v) is 11.0. The van der Waals surface area contributed by atoms with Crippen molar-refractivity contribution in [3.05, 3.63) is 31.0 Å². The predicted molar refractivity (Wildman–Crippen MR) is 108 cm³/mol. The molecule has 0 radical (unpaired) electrons. The van der Waals surface area contributed by atoms with E-state index in [-0.39, 0.29) is 25.3 Å². The number of rotatable bonds is 5. The summed E-state index contributed by atoms with van der Waals surface area (Å²) in [6.45, 7) is 2.12. The number of alkyl halides is 3. The normalized spacial score (nSPS) is 15.8. The molecule has 33 heavy (non-hydrogen) atoms. The van der Waals surface area contributed by atoms with E-state index in [0.717, 1.165) is 22.3 Å². The lowest BCUT2D eigenvalue weighted by Gasteiger charge is -2.47. The summed E-state index contributed by atoms with van der Waals surface area (Å²) in [5.74, 6) is -2.71. The Bertz CT molecular complexity index is 1300. The Balaban J connectivity index is 0.000000383. The maximum absolute atomic E-state index is 12.0. The molecule has 1 aliphatic rings. The van der Waals surface area contributed by atoms with Gasteiger partial charge in [0.05, 0.1) is 30.1 Å². The third kappa shape index (κ3) is 4.81. The number of fused-ring (bicyclic) bond motifs is 1. The first-order chi connectivity index (χ1) is 15.4. The van der Waals surface area contributed by atoms with Crippen molar-refractivity contribution in [1.82, 2.24) is 29.0 Å². The monoisotopic (exact) mass is 485 g/mol. The van der Waals surface area contributed by atoms with Gasteiger partial charge < -0.3 is 10.1 Å². The summed E-state index contributed by atoms with van der Waals surface area (Å²) in [5, 5.41) is 21.6. The molecule has 4 heterocycles. The Morgan fingerprint density at radius 3 is 2.61 bits per heavy atom. The largest absolute Gasteiger partial charge is 0.490 e. The molecule has 0 aliphatic carbocycles. The summed E-state index contributed by atoms with van der Waals surface area (Å²) in [4.78, 5) is 20.5. The number of sulfonamides is 1. The molecule has 1 aliphatic heterocycles. The molecule has 0 saturated carbocycles. The first-order valence-electron chi connectivity index (χ1n) is 9.42. The molecule has 0 atom stereocenters. The second kappa shape index (κ2) is 8.79. The second-order valence-electron chi connectivity index (χ2n) is 7.17. The number of nitrogens with zero attached hydrogens (tertiary/aromatic N) is 6. The highest BCUT2D eigenvalue weighted by Gasteiger charge is 2.49. The van der Waals surface area contributed by atoms with Crippen molar-refractivity contribution in [3.8, 4) is 17.3 Å². The molecule has 1 fully saturated rings. The lowest BCUT2D eigenvalue weighted by atomic mass is 9.89. The second-order valence-corrected chi connectivity index (χ2v) is 9.42. The van der Waals surface area contributed by atoms with Crippen LogP contribution >= 0.6 is 0 Å². The fourth-order valence-electron chi connectivity index (χ4n) is 3.28. The number of H-pyrrole nitrogens is 1. The van der Waals surface area contributed by atoms with E-state index in [4.69, 9.17) is 9.90 Å². The Morgan fingerprint density at radius 1 is 1.36 bits per heavy atom. The number of carboxylic acid groups (broad SMARTS) is 1. The molecular formula is C18H18F3N7O4S. The SMILES string of the molecule is CCS(=O)(=O)N1CC(CC#N)(n2cc(-c3ncnc4[nH]ccc34)cn2)C1.O=C(O)C(F)(F)F. The molecule has 0 aromatic carbocycles. The van der Waals surface area contributed by atoms with Crippen molar-refractivity contribution in [3.63, 3.8) is 0 Å². The van der Waals surface area contributed by atoms with Crippen LogP contribution in [0.1, 0.15) is 13.3 Å². The van der Waals surface area contributed by atoms with Crippen LogP contribution in [0.4, 0.5) is 13.2 Å². The maximum atomic E-state index is 12.0. The zero-order valence-corrected chi connectivity index (χ0v) is 17.9. The zero-order chi connectivity index (χ0) is 24.4. The van der Waals surface area contributed by atoms with Gasteiger partial charge in [-0.15, -0.1) is 0 Å². The Hall–Kier alpha value is -3.51. The molecule has 0 bridgehead atoms. The van der Waals surface area contributed by atoms with Gasteiger partial charge in [0.25, 0.3) is 0 Å². The zero-order valence-electron chi connectivity index (χ0n) is 17.1. The van der Waals surface area contributed by atoms with Gasteiger partial charge in [0, 0.05) is 36.4 Å². The molecule has 0 amide bonds. The summed E-state index contributed by atoms with van der Waals surface area (Å²) in [7, 11) is -3.27. The number of aromatic amines is 1. The smallest absolute Gasteiger partial charge is 0.475 e. The minimum Gasteiger partial charge on any atom is -0.475 e. The van der Waals surface area contributed by atoms with Gasteiger partial charge in [-0.25, -0.2) is 23.2 Å². The van der Waals surface area contributed by atoms with Crippen molar-refractivity contribution in [2.24, 2.45) is 0 Å². The van der Waals surface area contributed by atoms with Gasteiger partial charge in [-0.05, 0) is 13.0 Å². The molecule has 1 saturated heterocycles. The first kappa shape index (κ1) is 24.1. The van der Waals surface area contributed by atoms with Gasteiger partial charge in [-0.2, -0.15) is 27.8 Å². The van der Waals surface area contributed by atoms with Crippen molar-refractivity contribution in [1.29, 1.82) is 5.26 Å². The standard InChI is InChI=1S/C16H17N7O2S.C2HF3O2/c1-2-26(24,25)22-9-16(10-22,4-5-17)23-8-12(7-21-23)14-13-3-6-18-15(13)20-11-19-14;3-2(4,5)1(6)7/h3,6-8,11H,2,4,9-10H2,1H3,(H,18,19,20);(H,6,7). The number of nitriles is 1. The third-order valence-electron chi connectivity index (χ3n) is 5.05. The maximum Gasteiger partial charge on any atom is 0.490 e. The number of aromatic nitrogens is 5. The van der Waals surface area contributed by atoms with Crippen molar-refractivity contribution in [2.45, 2.75) is 25.1 Å². The van der Waals surface area contributed by atoms with Crippen LogP contribution in [0.3, 0.4) is 0 Å². The molecular weight excluding hydrogens is 467 g/mol. The Kier molecular flexibility index (Phi) is 6.43. The number of carbonyl (C=O) groups is 1. The van der Waals surface area contributed by atoms with Crippen LogP contribution in [0.25, 0.3) is 22.3 Å². The Labute approximate surface area is 185 Å². The van der Waals surface area contributed by atoms with E-state index in [1.54, 1.807) is 24.0 Å². The number of hydrogen-bond donors (Lipinski definition) is 2. The summed E-state index contributed by atoms with van der Waals surface area (Å²) in [5.41, 5.74) is 1.64. The van der Waals surface area contributed by atoms with Gasteiger partial charge in [0.15, 0.2) is 0 Å². The molecule has 3 aromatic heterocycles. The lowest BCUT2D eigenvalue weighted by molar-refractivity contribution is -0.192. The average molecular weight is 485 g/mol. The van der Waals surface area contributed by atoms with Gasteiger partial charge in [0.1, 0.15) is 17.5 Å². The minimum atomic E-state index is -5.08. The number of nitrogens with one attached hydrogen (secondary N) is 1. The highest BCUT2D eigenvalue weighted by atomic mass is 32.2. The van der Waals surface area contributed by atoms with E-state index < -0.39 is 27.7 Å². The molecule has 0 spiro atoms. The van der Waals surface area contributed by atoms with E-state index >= 15 is 0 Å². The molecule has 15 heteroatoms. The van der Waals surface area contributed by atoms with E-state index in [9.17, 15) is 26.9 Å². The third-order valence-corrected chi connectivity index (χ3v) is 6.82. The molecule has 0 unspecified atom stereocenters. The van der Waals surface area contributed by atoms with E-state index in [1.807, 2.05) is 12.3 Å². The van der Waals surface area contributed by atoms with Crippen LogP contribution in [0.5, 0.6) is 0 Å². The van der Waals surface area contributed by atoms with Gasteiger partial charge in [-0.1, -0.05) is 0 Å². The van der Waals surface area contributed by atoms with Crippen LogP contribution in [0.2, 0.25) is 0 Å². The van der Waals surface area contributed by atoms with Crippen molar-refractivity contribution >= 4 is 27.0 Å². The van der Waals surface area contributed by atoms with Gasteiger partial charge in [0.2, 0.25) is 10.0 Å². The van der Waals surface area contributed by atoms with Gasteiger partial charge >= 0.3 is 12.1 Å². The number of carboxylic acids is 1. The molecule has 11 nitrogen and oxygen atoms in total. The van der Waals surface area contributed by atoms with Crippen LogP contribution < -0.4 is 0 Å². The lowest BCUT2D eigenvalue weighted by Crippen LogP contribution is -2.64. The van der Waals surface area contributed by atoms with E-state index in [1.165, 1.54) is 10.6 Å². The van der Waals surface area contributed by atoms with Crippen LogP contribution in [0, 0.1) is 11.3 Å². The van der Waals surface area contributed by atoms with Gasteiger partial charge in [-0.3, -0.25) is 4.68 Å². The highest BCUT2D eigenvalue weighted by Crippen LogP contribution is 2.35. The van der Waals surface area contributed by atoms with Crippen molar-refractivity contribution < 1.29 is 31.5 Å². The van der Waals surface area contributed by atoms with Crippen molar-refractivity contribution in [2.75, 3.05) is 18.8 Å². The predicted octanol–water partition coefficient (Wildman–Crippen LogP) is 1.73. The van der Waals surface area contributed by atoms with Crippen LogP contribution in [-0.2, 0) is 20.4 Å². The fourth-order valence-corrected chi connectivity index (χ4v) is 4.52. The Morgan fingerprint density at radius 2 is 2.03 bits per heavy atom. The topological polar surface area (TPSA) is 158 Å². The summed E-state index contributed by atoms with van der Waals surface area (Å²) in [6, 6.07) is 4.06. The fraction of sp³-hybridized carbons (Fsp3) is 0.389. The highest BCUT2D eigenvalue weighted by molar-refractivity contribution is 7.89. The number of aliphatic carboxylic acids is 1. The molecule has 176 valence electrons. The summed E-state index contributed by atoms with van der Waals surface area (Å²) < 4.78 is 58.9. The van der Waals surface area contributed by atoms with E-state index in [0.29, 0.717) is 0 Å². The summed E-state index contributed by atoms with van der Waals surface area (Å²) >= 11 is 0. The molecule has 2 N–H and O–H groups in total. The van der Waals surface area contributed by atoms with Crippen LogP contribution in [-0.4, -0.2) is 73.5 Å². The molecule has 4 rings (SSSR count). The summed E-state index contributed by atoms with van der Waals surface area (Å²) in [6.07, 6.45) is 1.89. The quantitative estimate of drug-likeness (QED) is 0.553. The van der Waals surface area contributed by atoms with Crippen LogP contribution in [0.15, 0.2) is 31.0 Å². The van der Waals surface area contributed by atoms with E-state index in [2.05, 4.69) is 26.1 Å².